The Kier molecular flexibility index (Phi) is 7.15. The standard InChI is InChI=1S/C22H25NO3/c1-3-18(19-10-5-4-6-11-19)14-21(24)23-15-20(22(25)26)13-17-9-7-8-16(2)12-17/h3-12,18,20H,1,13-15H2,2H3,(H,23,24)(H,25,26). The van der Waals surface area contributed by atoms with Crippen molar-refractivity contribution in [3.63, 3.8) is 0 Å². The maximum Gasteiger partial charge on any atom is 0.308 e. The van der Waals surface area contributed by atoms with Crippen LogP contribution >= 0.6 is 0 Å². The number of aliphatic carboxylic acids is 1. The van der Waals surface area contributed by atoms with Crippen molar-refractivity contribution < 1.29 is 14.7 Å². The number of aryl methyl sites for hydroxylation is 1. The molecule has 0 aliphatic heterocycles. The summed E-state index contributed by atoms with van der Waals surface area (Å²) in [7, 11) is 0. The minimum atomic E-state index is -0.907. The lowest BCUT2D eigenvalue weighted by Gasteiger charge is -2.16. The Morgan fingerprint density at radius 3 is 2.50 bits per heavy atom. The maximum absolute atomic E-state index is 12.3. The topological polar surface area (TPSA) is 66.4 Å². The van der Waals surface area contributed by atoms with Crippen LogP contribution in [0.3, 0.4) is 0 Å². The van der Waals surface area contributed by atoms with Crippen LogP contribution in [0.1, 0.15) is 29.0 Å². The zero-order valence-corrected chi connectivity index (χ0v) is 15.0. The van der Waals surface area contributed by atoms with Gasteiger partial charge in [0.25, 0.3) is 0 Å². The van der Waals surface area contributed by atoms with Crippen molar-refractivity contribution in [1.82, 2.24) is 5.32 Å². The lowest BCUT2D eigenvalue weighted by atomic mass is 9.95. The number of carboxylic acids is 1. The average molecular weight is 351 g/mol. The molecule has 0 radical (unpaired) electrons. The molecule has 0 heterocycles. The summed E-state index contributed by atoms with van der Waals surface area (Å²) in [6, 6.07) is 17.4. The van der Waals surface area contributed by atoms with Crippen molar-refractivity contribution >= 4 is 11.9 Å². The summed E-state index contributed by atoms with van der Waals surface area (Å²) in [6.45, 7) is 5.89. The van der Waals surface area contributed by atoms with Gasteiger partial charge in [0.15, 0.2) is 0 Å². The zero-order valence-electron chi connectivity index (χ0n) is 15.0. The second-order valence-electron chi connectivity index (χ2n) is 6.49. The highest BCUT2D eigenvalue weighted by molar-refractivity contribution is 5.78. The Labute approximate surface area is 154 Å². The van der Waals surface area contributed by atoms with Gasteiger partial charge in [0.05, 0.1) is 5.92 Å². The molecule has 0 spiro atoms. The largest absolute Gasteiger partial charge is 0.481 e. The monoisotopic (exact) mass is 351 g/mol. The summed E-state index contributed by atoms with van der Waals surface area (Å²) < 4.78 is 0. The van der Waals surface area contributed by atoms with E-state index in [1.165, 1.54) is 0 Å². The molecule has 26 heavy (non-hydrogen) atoms. The quantitative estimate of drug-likeness (QED) is 0.677. The predicted molar refractivity (Wildman–Crippen MR) is 103 cm³/mol. The van der Waals surface area contributed by atoms with Gasteiger partial charge in [-0.05, 0) is 24.5 Å². The minimum absolute atomic E-state index is 0.0868. The smallest absolute Gasteiger partial charge is 0.308 e. The van der Waals surface area contributed by atoms with Crippen molar-refractivity contribution in [3.8, 4) is 0 Å². The van der Waals surface area contributed by atoms with Crippen LogP contribution in [0.5, 0.6) is 0 Å². The summed E-state index contributed by atoms with van der Waals surface area (Å²) >= 11 is 0. The Balaban J connectivity index is 1.92. The molecule has 4 heteroatoms. The number of benzene rings is 2. The van der Waals surface area contributed by atoms with Crippen molar-refractivity contribution in [2.75, 3.05) is 6.54 Å². The Morgan fingerprint density at radius 2 is 1.88 bits per heavy atom. The third-order valence-electron chi connectivity index (χ3n) is 4.38. The number of hydrogen-bond donors (Lipinski definition) is 2. The van der Waals surface area contributed by atoms with Gasteiger partial charge in [0, 0.05) is 18.9 Å². The van der Waals surface area contributed by atoms with Crippen LogP contribution in [0.4, 0.5) is 0 Å². The molecule has 0 bridgehead atoms. The van der Waals surface area contributed by atoms with E-state index in [0.29, 0.717) is 6.42 Å². The predicted octanol–water partition coefficient (Wildman–Crippen LogP) is 3.71. The highest BCUT2D eigenvalue weighted by Crippen LogP contribution is 2.20. The van der Waals surface area contributed by atoms with Gasteiger partial charge in [0.1, 0.15) is 0 Å². The first kappa shape index (κ1) is 19.4. The van der Waals surface area contributed by atoms with E-state index < -0.39 is 11.9 Å². The Hall–Kier alpha value is -2.88. The molecule has 2 aromatic carbocycles. The molecule has 2 N–H and O–H groups in total. The van der Waals surface area contributed by atoms with E-state index in [-0.39, 0.29) is 24.8 Å². The minimum Gasteiger partial charge on any atom is -0.481 e. The lowest BCUT2D eigenvalue weighted by Crippen LogP contribution is -2.34. The zero-order chi connectivity index (χ0) is 18.9. The highest BCUT2D eigenvalue weighted by Gasteiger charge is 2.20. The number of carbonyl (C=O) groups is 2. The third kappa shape index (κ3) is 5.88. The van der Waals surface area contributed by atoms with Gasteiger partial charge in [-0.25, -0.2) is 0 Å². The van der Waals surface area contributed by atoms with Gasteiger partial charge < -0.3 is 10.4 Å². The van der Waals surface area contributed by atoms with Crippen molar-refractivity contribution in [2.24, 2.45) is 5.92 Å². The van der Waals surface area contributed by atoms with Gasteiger partial charge in [-0.1, -0.05) is 66.2 Å². The molecule has 1 amide bonds. The van der Waals surface area contributed by atoms with E-state index in [9.17, 15) is 14.7 Å². The molecule has 2 unspecified atom stereocenters. The van der Waals surface area contributed by atoms with Crippen LogP contribution in [0.2, 0.25) is 0 Å². The molecule has 4 nitrogen and oxygen atoms in total. The normalized spacial score (nSPS) is 12.8. The van der Waals surface area contributed by atoms with E-state index in [1.54, 1.807) is 6.08 Å². The molecule has 0 saturated carbocycles. The molecule has 0 aromatic heterocycles. The van der Waals surface area contributed by atoms with Gasteiger partial charge >= 0.3 is 5.97 Å². The fourth-order valence-electron chi connectivity index (χ4n) is 2.92. The number of hydrogen-bond acceptors (Lipinski definition) is 2. The number of carboxylic acid groups (broad SMARTS) is 1. The summed E-state index contributed by atoms with van der Waals surface area (Å²) in [6.07, 6.45) is 2.39. The van der Waals surface area contributed by atoms with Crippen LogP contribution < -0.4 is 5.32 Å². The van der Waals surface area contributed by atoms with Gasteiger partial charge in [-0.15, -0.1) is 6.58 Å². The molecule has 2 aromatic rings. The van der Waals surface area contributed by atoms with Crippen molar-refractivity contribution in [3.05, 3.63) is 83.9 Å². The number of carbonyl (C=O) groups excluding carboxylic acids is 1. The first-order valence-electron chi connectivity index (χ1n) is 8.72. The molecule has 136 valence electrons. The van der Waals surface area contributed by atoms with Crippen molar-refractivity contribution in [2.45, 2.75) is 25.7 Å². The summed E-state index contributed by atoms with van der Waals surface area (Å²) in [5, 5.41) is 12.2. The Bertz CT molecular complexity index is 755. The maximum atomic E-state index is 12.3. The summed E-state index contributed by atoms with van der Waals surface area (Å²) in [4.78, 5) is 23.8. The van der Waals surface area contributed by atoms with Gasteiger partial charge in [-0.2, -0.15) is 0 Å². The van der Waals surface area contributed by atoms with Gasteiger partial charge in [0.2, 0.25) is 5.91 Å². The second kappa shape index (κ2) is 9.56. The van der Waals surface area contributed by atoms with E-state index in [1.807, 2.05) is 61.5 Å². The Morgan fingerprint density at radius 1 is 1.15 bits per heavy atom. The molecule has 2 rings (SSSR count). The highest BCUT2D eigenvalue weighted by atomic mass is 16.4. The van der Waals surface area contributed by atoms with Crippen LogP contribution in [0.25, 0.3) is 0 Å². The van der Waals surface area contributed by atoms with Crippen LogP contribution in [-0.4, -0.2) is 23.5 Å². The van der Waals surface area contributed by atoms with Crippen LogP contribution in [-0.2, 0) is 16.0 Å². The van der Waals surface area contributed by atoms with E-state index >= 15 is 0 Å². The molecule has 0 aliphatic rings. The van der Waals surface area contributed by atoms with E-state index in [0.717, 1.165) is 16.7 Å². The molecular weight excluding hydrogens is 326 g/mol. The summed E-state index contributed by atoms with van der Waals surface area (Å²) in [5.74, 6) is -1.82. The first-order chi connectivity index (χ1) is 12.5. The molecule has 0 aliphatic carbocycles. The van der Waals surface area contributed by atoms with E-state index in [2.05, 4.69) is 11.9 Å². The fourth-order valence-corrected chi connectivity index (χ4v) is 2.92. The first-order valence-corrected chi connectivity index (χ1v) is 8.72. The molecule has 0 fully saturated rings. The van der Waals surface area contributed by atoms with Crippen LogP contribution in [0.15, 0.2) is 67.3 Å². The lowest BCUT2D eigenvalue weighted by molar-refractivity contribution is -0.141. The average Bonchev–Trinajstić information content (AvgIpc) is 2.63. The number of amides is 1. The molecule has 2 atom stereocenters. The second-order valence-corrected chi connectivity index (χ2v) is 6.49. The van der Waals surface area contributed by atoms with Crippen molar-refractivity contribution in [1.29, 1.82) is 0 Å². The van der Waals surface area contributed by atoms with Crippen LogP contribution in [0, 0.1) is 12.8 Å². The number of allylic oxidation sites excluding steroid dienone is 1. The number of nitrogens with one attached hydrogen (secondary N) is 1. The SMILES string of the molecule is C=CC(CC(=O)NCC(Cc1cccc(C)c1)C(=O)O)c1ccccc1. The molecule has 0 saturated heterocycles. The summed E-state index contributed by atoms with van der Waals surface area (Å²) in [5.41, 5.74) is 3.07. The number of rotatable bonds is 9. The third-order valence-corrected chi connectivity index (χ3v) is 4.38. The fraction of sp³-hybridized carbons (Fsp3) is 0.273. The van der Waals surface area contributed by atoms with E-state index in [4.69, 9.17) is 0 Å². The molecular formula is C22H25NO3. The van der Waals surface area contributed by atoms with Gasteiger partial charge in [-0.3, -0.25) is 9.59 Å².